The first-order valence-electron chi connectivity index (χ1n) is 8.45. The van der Waals surface area contributed by atoms with Crippen molar-refractivity contribution in [1.82, 2.24) is 0 Å². The van der Waals surface area contributed by atoms with Crippen LogP contribution in [0.3, 0.4) is 0 Å². The van der Waals surface area contributed by atoms with E-state index >= 15 is 0 Å². The molecule has 2 aliphatic rings. The van der Waals surface area contributed by atoms with Crippen molar-refractivity contribution in [2.45, 2.75) is 66.4 Å². The summed E-state index contributed by atoms with van der Waals surface area (Å²) in [6.45, 7) is 10.6. The Morgan fingerprint density at radius 2 is 1.86 bits per heavy atom. The van der Waals surface area contributed by atoms with Gasteiger partial charge in [0.15, 0.2) is 5.78 Å². The number of aliphatic hydroxyl groups is 1. The maximum absolute atomic E-state index is 12.1. The molecule has 0 aromatic heterocycles. The zero-order valence-corrected chi connectivity index (χ0v) is 14.6. The molecule has 0 amide bonds. The molecule has 22 heavy (non-hydrogen) atoms. The molecule has 0 saturated heterocycles. The molecule has 1 N–H and O–H groups in total. The van der Waals surface area contributed by atoms with Gasteiger partial charge in [0, 0.05) is 6.42 Å². The Labute approximate surface area is 135 Å². The van der Waals surface area contributed by atoms with Crippen LogP contribution in [0.25, 0.3) is 0 Å². The van der Waals surface area contributed by atoms with Crippen molar-refractivity contribution in [2.75, 3.05) is 0 Å². The third kappa shape index (κ3) is 3.78. The van der Waals surface area contributed by atoms with Crippen molar-refractivity contribution in [2.24, 2.45) is 17.3 Å². The molecule has 3 unspecified atom stereocenters. The lowest BCUT2D eigenvalue weighted by molar-refractivity contribution is -0.114. The Kier molecular flexibility index (Phi) is 5.11. The number of Topliss-reactive ketones (excluding diaryl/α,β-unsaturated/α-hetero) is 1. The number of hydrogen-bond acceptors (Lipinski definition) is 2. The highest BCUT2D eigenvalue weighted by Crippen LogP contribution is 2.61. The van der Waals surface area contributed by atoms with Crippen molar-refractivity contribution in [3.05, 3.63) is 34.9 Å². The topological polar surface area (TPSA) is 37.3 Å². The Morgan fingerprint density at radius 3 is 2.55 bits per heavy atom. The van der Waals surface area contributed by atoms with E-state index in [0.717, 1.165) is 17.6 Å². The average Bonchev–Trinajstić information content (AvgIpc) is 2.98. The van der Waals surface area contributed by atoms with Crippen molar-refractivity contribution in [3.8, 4) is 0 Å². The summed E-state index contributed by atoms with van der Waals surface area (Å²) in [6, 6.07) is 0. The summed E-state index contributed by atoms with van der Waals surface area (Å²) in [7, 11) is 0. The highest BCUT2D eigenvalue weighted by molar-refractivity contribution is 5.95. The van der Waals surface area contributed by atoms with E-state index in [1.807, 2.05) is 19.9 Å². The summed E-state index contributed by atoms with van der Waals surface area (Å²) in [4.78, 5) is 12.1. The standard InChI is InChI=1S/C20H30O2/c1-13-6-9-16-17(20(16,4)5)12-15(3)19(22)11-8-14(2)18(21)10-7-13/h7-8,12,16-17,19,22H,6,9-11H2,1-5H3/b13-7-,14-8-,15-12-. The zero-order valence-electron chi connectivity index (χ0n) is 14.6. The number of aliphatic hydroxyl groups excluding tert-OH is 1. The number of allylic oxidation sites excluding steroid dienone is 4. The first-order valence-corrected chi connectivity index (χ1v) is 8.45. The molecular formula is C20H30O2. The van der Waals surface area contributed by atoms with E-state index in [9.17, 15) is 9.90 Å². The minimum Gasteiger partial charge on any atom is -0.388 e. The van der Waals surface area contributed by atoms with Crippen LogP contribution in [0.2, 0.25) is 0 Å². The van der Waals surface area contributed by atoms with Gasteiger partial charge in [0.1, 0.15) is 0 Å². The van der Waals surface area contributed by atoms with Crippen LogP contribution in [0.4, 0.5) is 0 Å². The van der Waals surface area contributed by atoms with E-state index in [2.05, 4.69) is 32.9 Å². The summed E-state index contributed by atoms with van der Waals surface area (Å²) in [6.07, 6.45) is 9.00. The molecule has 0 spiro atoms. The molecule has 0 heterocycles. The molecule has 2 aliphatic carbocycles. The Morgan fingerprint density at radius 1 is 1.18 bits per heavy atom. The second-order valence-electron chi connectivity index (χ2n) is 7.72. The van der Waals surface area contributed by atoms with Crippen molar-refractivity contribution in [1.29, 1.82) is 0 Å². The SMILES string of the molecule is C/C1=C/CC(=O)/C(C)=C\CC(O)/C(C)=C\C2C(CC1)C2(C)C. The number of rotatable bonds is 0. The predicted octanol–water partition coefficient (Wildman–Crippen LogP) is 4.60. The maximum atomic E-state index is 12.1. The van der Waals surface area contributed by atoms with Gasteiger partial charge in [-0.2, -0.15) is 0 Å². The van der Waals surface area contributed by atoms with Gasteiger partial charge in [-0.3, -0.25) is 4.79 Å². The molecule has 0 aromatic carbocycles. The minimum absolute atomic E-state index is 0.162. The van der Waals surface area contributed by atoms with Crippen molar-refractivity contribution >= 4 is 5.78 Å². The molecule has 0 bridgehead atoms. The Bertz CT molecular complexity index is 534. The normalized spacial score (nSPS) is 40.2. The van der Waals surface area contributed by atoms with E-state index in [-0.39, 0.29) is 5.78 Å². The van der Waals surface area contributed by atoms with E-state index in [4.69, 9.17) is 0 Å². The maximum Gasteiger partial charge on any atom is 0.162 e. The van der Waals surface area contributed by atoms with E-state index in [1.54, 1.807) is 0 Å². The largest absolute Gasteiger partial charge is 0.388 e. The first-order chi connectivity index (χ1) is 10.2. The van der Waals surface area contributed by atoms with Crippen LogP contribution in [-0.4, -0.2) is 17.0 Å². The summed E-state index contributed by atoms with van der Waals surface area (Å²) < 4.78 is 0. The molecule has 0 aromatic rings. The number of fused-ring (bicyclic) bond motifs is 1. The molecule has 122 valence electrons. The molecule has 0 radical (unpaired) electrons. The molecule has 1 saturated carbocycles. The molecule has 2 rings (SSSR count). The third-order valence-corrected chi connectivity index (χ3v) is 5.68. The average molecular weight is 302 g/mol. The fourth-order valence-electron chi connectivity index (χ4n) is 3.56. The second-order valence-corrected chi connectivity index (χ2v) is 7.72. The van der Waals surface area contributed by atoms with E-state index in [1.165, 1.54) is 12.0 Å². The number of ketones is 1. The van der Waals surface area contributed by atoms with Crippen LogP contribution < -0.4 is 0 Å². The van der Waals surface area contributed by atoms with Gasteiger partial charge in [-0.25, -0.2) is 0 Å². The van der Waals surface area contributed by atoms with Gasteiger partial charge < -0.3 is 5.11 Å². The van der Waals surface area contributed by atoms with Crippen LogP contribution in [0.5, 0.6) is 0 Å². The lowest BCUT2D eigenvalue weighted by Gasteiger charge is -2.10. The monoisotopic (exact) mass is 302 g/mol. The molecule has 3 atom stereocenters. The lowest BCUT2D eigenvalue weighted by Crippen LogP contribution is -2.09. The number of carbonyl (C=O) groups excluding carboxylic acids is 1. The predicted molar refractivity (Wildman–Crippen MR) is 91.5 cm³/mol. The summed E-state index contributed by atoms with van der Waals surface area (Å²) in [5.41, 5.74) is 3.46. The van der Waals surface area contributed by atoms with Crippen molar-refractivity contribution < 1.29 is 9.90 Å². The number of hydrogen-bond donors (Lipinski definition) is 1. The van der Waals surface area contributed by atoms with Gasteiger partial charge >= 0.3 is 0 Å². The second kappa shape index (κ2) is 6.54. The summed E-state index contributed by atoms with van der Waals surface area (Å²) in [5, 5.41) is 10.3. The highest BCUT2D eigenvalue weighted by atomic mass is 16.3. The highest BCUT2D eigenvalue weighted by Gasteiger charge is 2.55. The minimum atomic E-state index is -0.472. The van der Waals surface area contributed by atoms with Crippen LogP contribution in [0.15, 0.2) is 34.9 Å². The van der Waals surface area contributed by atoms with Crippen LogP contribution in [0.1, 0.15) is 60.3 Å². The fraction of sp³-hybridized carbons (Fsp3) is 0.650. The van der Waals surface area contributed by atoms with Gasteiger partial charge in [-0.15, -0.1) is 0 Å². The van der Waals surface area contributed by atoms with Crippen LogP contribution >= 0.6 is 0 Å². The Balaban J connectivity index is 2.23. The third-order valence-electron chi connectivity index (χ3n) is 5.68. The van der Waals surface area contributed by atoms with Crippen LogP contribution in [0, 0.1) is 17.3 Å². The number of carbonyl (C=O) groups is 1. The van der Waals surface area contributed by atoms with Gasteiger partial charge in [0.05, 0.1) is 6.10 Å². The molecule has 2 nitrogen and oxygen atoms in total. The van der Waals surface area contributed by atoms with Gasteiger partial charge in [0.25, 0.3) is 0 Å². The van der Waals surface area contributed by atoms with E-state index < -0.39 is 6.10 Å². The lowest BCUT2D eigenvalue weighted by atomic mass is 10.00. The van der Waals surface area contributed by atoms with Gasteiger partial charge in [-0.05, 0) is 68.4 Å². The van der Waals surface area contributed by atoms with Gasteiger partial charge in [0.2, 0.25) is 0 Å². The fourth-order valence-corrected chi connectivity index (χ4v) is 3.56. The zero-order chi connectivity index (χ0) is 16.5. The molecule has 2 heteroatoms. The van der Waals surface area contributed by atoms with Gasteiger partial charge in [-0.1, -0.05) is 37.6 Å². The Hall–Kier alpha value is -1.15. The summed E-state index contributed by atoms with van der Waals surface area (Å²) in [5.74, 6) is 1.42. The quantitative estimate of drug-likeness (QED) is 0.664. The molecule has 0 aliphatic heterocycles. The molecular weight excluding hydrogens is 272 g/mol. The van der Waals surface area contributed by atoms with Crippen LogP contribution in [-0.2, 0) is 4.79 Å². The molecule has 1 fully saturated rings. The van der Waals surface area contributed by atoms with E-state index in [0.29, 0.717) is 30.1 Å². The summed E-state index contributed by atoms with van der Waals surface area (Å²) >= 11 is 0. The first kappa shape index (κ1) is 17.2. The smallest absolute Gasteiger partial charge is 0.162 e. The van der Waals surface area contributed by atoms with Crippen molar-refractivity contribution in [3.63, 3.8) is 0 Å².